The third-order valence-corrected chi connectivity index (χ3v) is 3.80. The third-order valence-electron chi connectivity index (χ3n) is 3.80. The number of aryl methyl sites for hydroxylation is 1. The van der Waals surface area contributed by atoms with Gasteiger partial charge in [0.25, 0.3) is 0 Å². The molecule has 1 amide bonds. The fraction of sp³-hybridized carbons (Fsp3) is 0.600. The maximum Gasteiger partial charge on any atom is 0.407 e. The predicted molar refractivity (Wildman–Crippen MR) is 81.2 cm³/mol. The van der Waals surface area contributed by atoms with Gasteiger partial charge in [0.2, 0.25) is 0 Å². The van der Waals surface area contributed by atoms with E-state index in [2.05, 4.69) is 11.2 Å². The minimum atomic E-state index is -0.864. The highest BCUT2D eigenvalue weighted by Gasteiger charge is 2.21. The van der Waals surface area contributed by atoms with Crippen molar-refractivity contribution in [3.8, 4) is 0 Å². The van der Waals surface area contributed by atoms with Gasteiger partial charge >= 0.3 is 6.09 Å². The molecule has 0 aliphatic carbocycles. The molecule has 2 rings (SSSR count). The molecular weight excluding hydrogens is 268 g/mol. The SMILES string of the molecule is NCCCCCCn1cc(C2C=CCN(C(=O)O)C2)cn1. The van der Waals surface area contributed by atoms with E-state index in [1.807, 2.05) is 23.2 Å². The highest BCUT2D eigenvalue weighted by Crippen LogP contribution is 2.21. The lowest BCUT2D eigenvalue weighted by molar-refractivity contribution is 0.147. The first kappa shape index (κ1) is 15.6. The van der Waals surface area contributed by atoms with E-state index in [9.17, 15) is 4.79 Å². The van der Waals surface area contributed by atoms with E-state index in [1.165, 1.54) is 17.7 Å². The summed E-state index contributed by atoms with van der Waals surface area (Å²) in [7, 11) is 0. The van der Waals surface area contributed by atoms with Crippen LogP contribution < -0.4 is 5.73 Å². The Bertz CT molecular complexity index is 484. The van der Waals surface area contributed by atoms with Crippen molar-refractivity contribution in [1.29, 1.82) is 0 Å². The van der Waals surface area contributed by atoms with Crippen LogP contribution in [0.2, 0.25) is 0 Å². The number of nitrogens with zero attached hydrogens (tertiary/aromatic N) is 3. The predicted octanol–water partition coefficient (Wildman–Crippen LogP) is 2.04. The lowest BCUT2D eigenvalue weighted by atomic mass is 9.99. The Morgan fingerprint density at radius 3 is 2.95 bits per heavy atom. The summed E-state index contributed by atoms with van der Waals surface area (Å²) in [5, 5.41) is 13.4. The molecule has 0 aromatic carbocycles. The van der Waals surface area contributed by atoms with Gasteiger partial charge in [0, 0.05) is 31.7 Å². The van der Waals surface area contributed by atoms with Crippen molar-refractivity contribution in [2.24, 2.45) is 5.73 Å². The zero-order valence-corrected chi connectivity index (χ0v) is 12.3. The maximum atomic E-state index is 11.0. The normalized spacial score (nSPS) is 18.1. The second kappa shape index (κ2) is 7.83. The molecule has 1 aromatic heterocycles. The van der Waals surface area contributed by atoms with Crippen LogP contribution in [0.5, 0.6) is 0 Å². The van der Waals surface area contributed by atoms with Crippen molar-refractivity contribution in [3.63, 3.8) is 0 Å². The van der Waals surface area contributed by atoms with Crippen LogP contribution in [0.3, 0.4) is 0 Å². The zero-order chi connectivity index (χ0) is 15.1. The van der Waals surface area contributed by atoms with Gasteiger partial charge in [-0.1, -0.05) is 25.0 Å². The van der Waals surface area contributed by atoms with Crippen LogP contribution in [0.4, 0.5) is 4.79 Å². The standard InChI is InChI=1S/C15H24N4O2/c16-7-3-1-2-4-9-19-12-14(10-17-19)13-6-5-8-18(11-13)15(20)21/h5-6,10,12-13H,1-4,7-9,11,16H2,(H,20,21). The first-order valence-electron chi connectivity index (χ1n) is 7.57. The van der Waals surface area contributed by atoms with Gasteiger partial charge in [-0.25, -0.2) is 4.79 Å². The lowest BCUT2D eigenvalue weighted by Crippen LogP contribution is -2.35. The molecule has 1 unspecified atom stereocenters. The quantitative estimate of drug-likeness (QED) is 0.595. The number of carboxylic acid groups (broad SMARTS) is 1. The Labute approximate surface area is 125 Å². The molecule has 1 aromatic rings. The summed E-state index contributed by atoms with van der Waals surface area (Å²) < 4.78 is 1.95. The molecule has 0 saturated carbocycles. The van der Waals surface area contributed by atoms with Crippen LogP contribution in [-0.2, 0) is 6.54 Å². The van der Waals surface area contributed by atoms with Gasteiger partial charge in [0.15, 0.2) is 0 Å². The molecule has 0 radical (unpaired) electrons. The molecule has 0 fully saturated rings. The molecule has 21 heavy (non-hydrogen) atoms. The van der Waals surface area contributed by atoms with E-state index in [1.54, 1.807) is 0 Å². The monoisotopic (exact) mass is 292 g/mol. The first-order chi connectivity index (χ1) is 10.2. The van der Waals surface area contributed by atoms with E-state index in [0.717, 1.165) is 31.5 Å². The number of amides is 1. The number of aromatic nitrogens is 2. The molecule has 1 aliphatic heterocycles. The third kappa shape index (κ3) is 4.60. The number of nitrogens with two attached hydrogens (primary N) is 1. The number of hydrogen-bond donors (Lipinski definition) is 2. The molecule has 0 bridgehead atoms. The Hall–Kier alpha value is -1.82. The molecule has 116 valence electrons. The van der Waals surface area contributed by atoms with Crippen molar-refractivity contribution in [1.82, 2.24) is 14.7 Å². The van der Waals surface area contributed by atoms with Crippen LogP contribution in [0.15, 0.2) is 24.5 Å². The van der Waals surface area contributed by atoms with Crippen molar-refractivity contribution in [2.75, 3.05) is 19.6 Å². The molecule has 1 atom stereocenters. The average molecular weight is 292 g/mol. The Kier molecular flexibility index (Phi) is 5.80. The van der Waals surface area contributed by atoms with E-state index in [4.69, 9.17) is 10.8 Å². The van der Waals surface area contributed by atoms with Gasteiger partial charge in [0.1, 0.15) is 0 Å². The molecule has 6 heteroatoms. The second-order valence-corrected chi connectivity index (χ2v) is 5.46. The average Bonchev–Trinajstić information content (AvgIpc) is 2.96. The van der Waals surface area contributed by atoms with Crippen LogP contribution in [0, 0.1) is 0 Å². The van der Waals surface area contributed by atoms with E-state index in [0.29, 0.717) is 13.1 Å². The molecule has 0 saturated heterocycles. The summed E-state index contributed by atoms with van der Waals surface area (Å²) in [6, 6.07) is 0. The van der Waals surface area contributed by atoms with Crippen LogP contribution >= 0.6 is 0 Å². The van der Waals surface area contributed by atoms with Gasteiger partial charge in [-0.15, -0.1) is 0 Å². The molecule has 3 N–H and O–H groups in total. The van der Waals surface area contributed by atoms with E-state index < -0.39 is 6.09 Å². The summed E-state index contributed by atoms with van der Waals surface area (Å²) in [4.78, 5) is 12.5. The topological polar surface area (TPSA) is 84.4 Å². The summed E-state index contributed by atoms with van der Waals surface area (Å²) in [5.41, 5.74) is 6.55. The molecule has 0 spiro atoms. The minimum Gasteiger partial charge on any atom is -0.465 e. The number of unbranched alkanes of at least 4 members (excludes halogenated alkanes) is 3. The zero-order valence-electron chi connectivity index (χ0n) is 12.3. The Morgan fingerprint density at radius 1 is 1.38 bits per heavy atom. The summed E-state index contributed by atoms with van der Waals surface area (Å²) in [6.07, 6.45) is 11.5. The summed E-state index contributed by atoms with van der Waals surface area (Å²) in [5.74, 6) is 0.112. The second-order valence-electron chi connectivity index (χ2n) is 5.46. The van der Waals surface area contributed by atoms with Crippen molar-refractivity contribution in [2.45, 2.75) is 38.1 Å². The van der Waals surface area contributed by atoms with Gasteiger partial charge in [-0.3, -0.25) is 4.68 Å². The van der Waals surface area contributed by atoms with Crippen LogP contribution in [0.25, 0.3) is 0 Å². The Balaban J connectivity index is 1.83. The number of hydrogen-bond acceptors (Lipinski definition) is 3. The minimum absolute atomic E-state index is 0.112. The fourth-order valence-corrected chi connectivity index (χ4v) is 2.56. The highest BCUT2D eigenvalue weighted by atomic mass is 16.4. The van der Waals surface area contributed by atoms with Crippen molar-refractivity contribution >= 4 is 6.09 Å². The van der Waals surface area contributed by atoms with Gasteiger partial charge in [0.05, 0.1) is 6.20 Å². The molecule has 1 aliphatic rings. The maximum absolute atomic E-state index is 11.0. The largest absolute Gasteiger partial charge is 0.465 e. The van der Waals surface area contributed by atoms with Crippen LogP contribution in [-0.4, -0.2) is 45.5 Å². The van der Waals surface area contributed by atoms with Gasteiger partial charge in [-0.05, 0) is 24.9 Å². The lowest BCUT2D eigenvalue weighted by Gasteiger charge is -2.25. The summed E-state index contributed by atoms with van der Waals surface area (Å²) >= 11 is 0. The van der Waals surface area contributed by atoms with E-state index >= 15 is 0 Å². The first-order valence-corrected chi connectivity index (χ1v) is 7.57. The van der Waals surface area contributed by atoms with Crippen molar-refractivity contribution < 1.29 is 9.90 Å². The highest BCUT2D eigenvalue weighted by molar-refractivity contribution is 5.65. The van der Waals surface area contributed by atoms with Gasteiger partial charge < -0.3 is 15.7 Å². The fourth-order valence-electron chi connectivity index (χ4n) is 2.56. The molecule has 2 heterocycles. The molecular formula is C15H24N4O2. The smallest absolute Gasteiger partial charge is 0.407 e. The number of rotatable bonds is 7. The molecule has 6 nitrogen and oxygen atoms in total. The summed E-state index contributed by atoms with van der Waals surface area (Å²) in [6.45, 7) is 2.65. The van der Waals surface area contributed by atoms with Gasteiger partial charge in [-0.2, -0.15) is 5.10 Å². The Morgan fingerprint density at radius 2 is 2.19 bits per heavy atom. The van der Waals surface area contributed by atoms with E-state index in [-0.39, 0.29) is 5.92 Å². The number of carbonyl (C=O) groups is 1. The van der Waals surface area contributed by atoms with Crippen molar-refractivity contribution in [3.05, 3.63) is 30.1 Å². The van der Waals surface area contributed by atoms with Crippen LogP contribution in [0.1, 0.15) is 37.2 Å².